The molecule has 5 nitrogen and oxygen atoms in total. The number of carbonyl (C=O) groups is 1. The van der Waals surface area contributed by atoms with E-state index < -0.39 is 0 Å². The Morgan fingerprint density at radius 3 is 3.17 bits per heavy atom. The van der Waals surface area contributed by atoms with Crippen molar-refractivity contribution in [2.24, 2.45) is 0 Å². The maximum Gasteiger partial charge on any atom is 0.327 e. The predicted molar refractivity (Wildman–Crippen MR) is 68.2 cm³/mol. The van der Waals surface area contributed by atoms with Crippen LogP contribution in [0.2, 0.25) is 0 Å². The molecule has 0 aromatic carbocycles. The fourth-order valence-corrected chi connectivity index (χ4v) is 2.54. The summed E-state index contributed by atoms with van der Waals surface area (Å²) in [5.41, 5.74) is 2.42. The third kappa shape index (κ3) is 2.72. The van der Waals surface area contributed by atoms with Gasteiger partial charge in [0, 0.05) is 17.3 Å². The zero-order valence-corrected chi connectivity index (χ0v) is 11.1. The minimum atomic E-state index is -0.214. The van der Waals surface area contributed by atoms with Crippen LogP contribution in [0.4, 0.5) is 0 Å². The number of ether oxygens (including phenoxy) is 1. The van der Waals surface area contributed by atoms with E-state index in [-0.39, 0.29) is 12.5 Å². The molecule has 0 aliphatic heterocycles. The van der Waals surface area contributed by atoms with Crippen molar-refractivity contribution < 1.29 is 9.53 Å². The number of hydrogen-bond donors (Lipinski definition) is 1. The van der Waals surface area contributed by atoms with Gasteiger partial charge in [-0.15, -0.1) is 0 Å². The van der Waals surface area contributed by atoms with Crippen molar-refractivity contribution >= 4 is 5.97 Å². The number of nitrogens with zero attached hydrogens (tertiary/aromatic N) is 2. The van der Waals surface area contributed by atoms with E-state index in [4.69, 9.17) is 4.74 Å². The first-order valence-electron chi connectivity index (χ1n) is 6.69. The molecule has 5 heteroatoms. The fraction of sp³-hybridized carbons (Fsp3) is 0.692. The average Bonchev–Trinajstić information content (AvgIpc) is 2.74. The number of aromatic nitrogens is 2. The number of carbonyl (C=O) groups excluding carboxylic acids is 1. The molecular formula is C13H21N3O2. The van der Waals surface area contributed by atoms with Gasteiger partial charge in [-0.05, 0) is 32.7 Å². The van der Waals surface area contributed by atoms with E-state index in [1.54, 1.807) is 4.68 Å². The molecule has 0 amide bonds. The monoisotopic (exact) mass is 251 g/mol. The van der Waals surface area contributed by atoms with Gasteiger partial charge in [0.2, 0.25) is 0 Å². The summed E-state index contributed by atoms with van der Waals surface area (Å²) < 4.78 is 6.75. The Labute approximate surface area is 108 Å². The van der Waals surface area contributed by atoms with E-state index in [9.17, 15) is 4.79 Å². The highest BCUT2D eigenvalue weighted by Crippen LogP contribution is 2.29. The normalized spacial score (nSPS) is 18.4. The van der Waals surface area contributed by atoms with Crippen LogP contribution >= 0.6 is 0 Å². The van der Waals surface area contributed by atoms with Crippen molar-refractivity contribution in [3.63, 3.8) is 0 Å². The lowest BCUT2D eigenvalue weighted by Crippen LogP contribution is -2.25. The SMILES string of the molecule is CCNC1CCCc2c1cnn2CC(=O)OCC. The summed E-state index contributed by atoms with van der Waals surface area (Å²) in [6.07, 6.45) is 5.17. The lowest BCUT2D eigenvalue weighted by molar-refractivity contribution is -0.144. The van der Waals surface area contributed by atoms with E-state index in [1.165, 1.54) is 11.3 Å². The molecule has 0 saturated carbocycles. The van der Waals surface area contributed by atoms with E-state index >= 15 is 0 Å². The molecule has 0 saturated heterocycles. The van der Waals surface area contributed by atoms with Crippen LogP contribution in [0, 0.1) is 0 Å². The molecule has 0 fully saturated rings. The zero-order valence-electron chi connectivity index (χ0n) is 11.1. The summed E-state index contributed by atoms with van der Waals surface area (Å²) in [4.78, 5) is 11.5. The molecule has 1 atom stereocenters. The van der Waals surface area contributed by atoms with Crippen molar-refractivity contribution in [1.29, 1.82) is 0 Å². The summed E-state index contributed by atoms with van der Waals surface area (Å²) in [7, 11) is 0. The lowest BCUT2D eigenvalue weighted by atomic mass is 9.93. The first kappa shape index (κ1) is 13.1. The van der Waals surface area contributed by atoms with Gasteiger partial charge in [0.05, 0.1) is 12.8 Å². The second-order valence-electron chi connectivity index (χ2n) is 4.51. The van der Waals surface area contributed by atoms with Crippen LogP contribution in [0.15, 0.2) is 6.20 Å². The Morgan fingerprint density at radius 1 is 1.61 bits per heavy atom. The van der Waals surface area contributed by atoms with Gasteiger partial charge in [-0.25, -0.2) is 0 Å². The molecule has 1 aliphatic rings. The molecule has 0 bridgehead atoms. The van der Waals surface area contributed by atoms with Gasteiger partial charge in [0.1, 0.15) is 6.54 Å². The highest BCUT2D eigenvalue weighted by atomic mass is 16.5. The summed E-state index contributed by atoms with van der Waals surface area (Å²) >= 11 is 0. The van der Waals surface area contributed by atoms with Gasteiger partial charge in [-0.1, -0.05) is 6.92 Å². The van der Waals surface area contributed by atoms with Gasteiger partial charge < -0.3 is 10.1 Å². The minimum Gasteiger partial charge on any atom is -0.465 e. The smallest absolute Gasteiger partial charge is 0.327 e. The molecule has 1 aromatic heterocycles. The minimum absolute atomic E-state index is 0.214. The molecule has 1 unspecified atom stereocenters. The Morgan fingerprint density at radius 2 is 2.44 bits per heavy atom. The molecule has 1 heterocycles. The van der Waals surface area contributed by atoms with E-state index in [0.717, 1.165) is 25.8 Å². The van der Waals surface area contributed by atoms with Crippen LogP contribution in [-0.2, 0) is 22.5 Å². The second-order valence-corrected chi connectivity index (χ2v) is 4.51. The van der Waals surface area contributed by atoms with Gasteiger partial charge >= 0.3 is 5.97 Å². The Hall–Kier alpha value is -1.36. The maximum atomic E-state index is 11.5. The molecule has 18 heavy (non-hydrogen) atoms. The van der Waals surface area contributed by atoms with Crippen LogP contribution in [0.3, 0.4) is 0 Å². The van der Waals surface area contributed by atoms with E-state index in [2.05, 4.69) is 17.3 Å². The Bertz CT molecular complexity index is 414. The molecular weight excluding hydrogens is 230 g/mol. The molecule has 1 aliphatic carbocycles. The zero-order chi connectivity index (χ0) is 13.0. The topological polar surface area (TPSA) is 56.2 Å². The molecule has 1 N–H and O–H groups in total. The quantitative estimate of drug-likeness (QED) is 0.804. The van der Waals surface area contributed by atoms with Gasteiger partial charge in [-0.2, -0.15) is 5.10 Å². The van der Waals surface area contributed by atoms with Crippen molar-refractivity contribution in [1.82, 2.24) is 15.1 Å². The molecule has 100 valence electrons. The molecule has 0 radical (unpaired) electrons. The number of nitrogens with one attached hydrogen (secondary N) is 1. The summed E-state index contributed by atoms with van der Waals surface area (Å²) in [5.74, 6) is -0.214. The van der Waals surface area contributed by atoms with E-state index in [1.807, 2.05) is 13.1 Å². The van der Waals surface area contributed by atoms with Crippen molar-refractivity contribution in [2.45, 2.75) is 45.7 Å². The van der Waals surface area contributed by atoms with E-state index in [0.29, 0.717) is 12.6 Å². The van der Waals surface area contributed by atoms with Crippen molar-refractivity contribution in [2.75, 3.05) is 13.2 Å². The van der Waals surface area contributed by atoms with Crippen LogP contribution in [0.5, 0.6) is 0 Å². The highest BCUT2D eigenvalue weighted by Gasteiger charge is 2.24. The first-order chi connectivity index (χ1) is 8.76. The van der Waals surface area contributed by atoms with Crippen molar-refractivity contribution in [3.05, 3.63) is 17.5 Å². The standard InChI is InChI=1S/C13H21N3O2/c1-3-14-11-6-5-7-12-10(11)8-15-16(12)9-13(17)18-4-2/h8,11,14H,3-7,9H2,1-2H3. The fourth-order valence-electron chi connectivity index (χ4n) is 2.54. The largest absolute Gasteiger partial charge is 0.465 e. The highest BCUT2D eigenvalue weighted by molar-refractivity contribution is 5.69. The summed E-state index contributed by atoms with van der Waals surface area (Å²) in [5, 5.41) is 7.79. The second kappa shape index (κ2) is 6.00. The third-order valence-corrected chi connectivity index (χ3v) is 3.30. The summed E-state index contributed by atoms with van der Waals surface area (Å²) in [6, 6.07) is 0.384. The first-order valence-corrected chi connectivity index (χ1v) is 6.69. The van der Waals surface area contributed by atoms with Gasteiger partial charge in [-0.3, -0.25) is 9.48 Å². The number of esters is 1. The van der Waals surface area contributed by atoms with Crippen LogP contribution < -0.4 is 5.32 Å². The third-order valence-electron chi connectivity index (χ3n) is 3.30. The van der Waals surface area contributed by atoms with Gasteiger partial charge in [0.25, 0.3) is 0 Å². The van der Waals surface area contributed by atoms with Crippen LogP contribution in [-0.4, -0.2) is 28.9 Å². The van der Waals surface area contributed by atoms with Crippen LogP contribution in [0.1, 0.15) is 44.0 Å². The Kier molecular flexibility index (Phi) is 4.36. The molecule has 2 rings (SSSR count). The van der Waals surface area contributed by atoms with Gasteiger partial charge in [0.15, 0.2) is 0 Å². The maximum absolute atomic E-state index is 11.5. The van der Waals surface area contributed by atoms with Crippen molar-refractivity contribution in [3.8, 4) is 0 Å². The lowest BCUT2D eigenvalue weighted by Gasteiger charge is -2.23. The number of rotatable bonds is 5. The Balaban J connectivity index is 2.12. The predicted octanol–water partition coefficient (Wildman–Crippen LogP) is 1.43. The number of fused-ring (bicyclic) bond motifs is 1. The number of hydrogen-bond acceptors (Lipinski definition) is 4. The molecule has 1 aromatic rings. The summed E-state index contributed by atoms with van der Waals surface area (Å²) in [6.45, 7) is 5.52. The van der Waals surface area contributed by atoms with Crippen LogP contribution in [0.25, 0.3) is 0 Å². The average molecular weight is 251 g/mol. The molecule has 0 spiro atoms.